The lowest BCUT2D eigenvalue weighted by atomic mass is 10.1. The van der Waals surface area contributed by atoms with Crippen molar-refractivity contribution in [3.8, 4) is 5.75 Å². The second kappa shape index (κ2) is 5.31. The van der Waals surface area contributed by atoms with E-state index in [0.717, 1.165) is 5.56 Å². The van der Waals surface area contributed by atoms with E-state index in [4.69, 9.17) is 0 Å². The van der Waals surface area contributed by atoms with Gasteiger partial charge < -0.3 is 10.2 Å². The van der Waals surface area contributed by atoms with Gasteiger partial charge in [0.15, 0.2) is 11.9 Å². The maximum Gasteiger partial charge on any atom is 0.373 e. The molecule has 1 atom stereocenters. The Balaban J connectivity index is 2.27. The zero-order valence-corrected chi connectivity index (χ0v) is 9.73. The van der Waals surface area contributed by atoms with Gasteiger partial charge in [-0.25, -0.2) is 4.79 Å². The van der Waals surface area contributed by atoms with Crippen LogP contribution in [0.1, 0.15) is 11.6 Å². The Kier molecular flexibility index (Phi) is 3.57. The first-order valence-corrected chi connectivity index (χ1v) is 5.63. The van der Waals surface area contributed by atoms with Crippen molar-refractivity contribution >= 4 is 5.97 Å². The number of carbonyl (C=O) groups is 1. The fourth-order valence-electron chi connectivity index (χ4n) is 1.83. The molecule has 0 saturated carbocycles. The molecule has 0 radical (unpaired) electrons. The van der Waals surface area contributed by atoms with Crippen molar-refractivity contribution in [1.82, 2.24) is 0 Å². The fourth-order valence-corrected chi connectivity index (χ4v) is 1.83. The molecular weight excluding hydrogens is 230 g/mol. The molecule has 92 valence electrons. The molecule has 0 fully saturated rings. The van der Waals surface area contributed by atoms with Gasteiger partial charge in [0, 0.05) is 12.5 Å². The van der Waals surface area contributed by atoms with E-state index >= 15 is 0 Å². The molecule has 2 rings (SSSR count). The molecule has 0 aliphatic carbocycles. The summed E-state index contributed by atoms with van der Waals surface area (Å²) in [6, 6.07) is 11.8. The Labute approximate surface area is 105 Å². The van der Waals surface area contributed by atoms with Crippen molar-refractivity contribution in [2.45, 2.75) is 12.5 Å². The van der Waals surface area contributed by atoms with Crippen molar-refractivity contribution in [3.63, 3.8) is 0 Å². The quantitative estimate of drug-likeness (QED) is 0.802. The lowest BCUT2D eigenvalue weighted by Crippen LogP contribution is -2.44. The van der Waals surface area contributed by atoms with E-state index < -0.39 is 12.0 Å². The first-order chi connectivity index (χ1) is 8.66. The maximum absolute atomic E-state index is 11.3. The number of aliphatic carboxylic acids is 1. The molecule has 4 heteroatoms. The van der Waals surface area contributed by atoms with Crippen LogP contribution in [0.3, 0.4) is 0 Å². The standard InChI is InChI=1S/C14H13NO3/c16-12-7-4-8-15(10-12)13(14(17)18)9-11-5-2-1-3-6-11/h1-8,10,13H,9H2,(H-,16,17,18)/p+1. The molecule has 0 bridgehead atoms. The fraction of sp³-hybridized carbons (Fsp3) is 0.143. The van der Waals surface area contributed by atoms with Crippen LogP contribution in [-0.4, -0.2) is 16.2 Å². The lowest BCUT2D eigenvalue weighted by molar-refractivity contribution is -0.710. The molecule has 1 heterocycles. The number of pyridine rings is 1. The predicted molar refractivity (Wildman–Crippen MR) is 65.1 cm³/mol. The highest BCUT2D eigenvalue weighted by Crippen LogP contribution is 2.11. The van der Waals surface area contributed by atoms with Crippen LogP contribution in [-0.2, 0) is 11.2 Å². The second-order valence-electron chi connectivity index (χ2n) is 4.05. The molecule has 1 aromatic carbocycles. The van der Waals surface area contributed by atoms with Gasteiger partial charge in [-0.3, -0.25) is 0 Å². The summed E-state index contributed by atoms with van der Waals surface area (Å²) in [6.07, 6.45) is 3.44. The van der Waals surface area contributed by atoms with Gasteiger partial charge >= 0.3 is 5.97 Å². The molecule has 0 aliphatic heterocycles. The lowest BCUT2D eigenvalue weighted by Gasteiger charge is -2.08. The van der Waals surface area contributed by atoms with E-state index in [2.05, 4.69) is 0 Å². The van der Waals surface area contributed by atoms with E-state index in [0.29, 0.717) is 6.42 Å². The Morgan fingerprint density at radius 2 is 1.89 bits per heavy atom. The third kappa shape index (κ3) is 2.85. The van der Waals surface area contributed by atoms with Crippen LogP contribution in [0.25, 0.3) is 0 Å². The largest absolute Gasteiger partial charge is 0.503 e. The number of rotatable bonds is 4. The minimum atomic E-state index is -0.922. The Hall–Kier alpha value is -2.36. The molecule has 4 nitrogen and oxygen atoms in total. The Morgan fingerprint density at radius 1 is 1.17 bits per heavy atom. The highest BCUT2D eigenvalue weighted by atomic mass is 16.4. The maximum atomic E-state index is 11.3. The first-order valence-electron chi connectivity index (χ1n) is 5.63. The second-order valence-corrected chi connectivity index (χ2v) is 4.05. The van der Waals surface area contributed by atoms with Gasteiger partial charge in [0.25, 0.3) is 6.04 Å². The SMILES string of the molecule is O=C(O)C(Cc1ccccc1)[n+]1cccc(O)c1. The zero-order valence-electron chi connectivity index (χ0n) is 9.73. The zero-order chi connectivity index (χ0) is 13.0. The molecule has 1 unspecified atom stereocenters. The normalized spacial score (nSPS) is 12.0. The number of nitrogens with zero attached hydrogens (tertiary/aromatic N) is 1. The van der Waals surface area contributed by atoms with Gasteiger partial charge in [0.2, 0.25) is 6.20 Å². The van der Waals surface area contributed by atoms with Gasteiger partial charge in [-0.15, -0.1) is 0 Å². The van der Waals surface area contributed by atoms with Crippen LogP contribution in [0.4, 0.5) is 0 Å². The summed E-state index contributed by atoms with van der Waals surface area (Å²) >= 11 is 0. The topological polar surface area (TPSA) is 61.4 Å². The van der Waals surface area contributed by atoms with E-state index in [1.165, 1.54) is 16.8 Å². The molecular formula is C14H14NO3+. The number of carboxylic acid groups (broad SMARTS) is 1. The monoisotopic (exact) mass is 244 g/mol. The summed E-state index contributed by atoms with van der Waals surface area (Å²) in [5.41, 5.74) is 0.945. The molecule has 0 spiro atoms. The number of hydrogen-bond donors (Lipinski definition) is 2. The van der Waals surface area contributed by atoms with Crippen molar-refractivity contribution < 1.29 is 19.6 Å². The van der Waals surface area contributed by atoms with Crippen LogP contribution >= 0.6 is 0 Å². The molecule has 2 N–H and O–H groups in total. The number of aromatic hydroxyl groups is 1. The van der Waals surface area contributed by atoms with E-state index in [1.54, 1.807) is 12.3 Å². The molecule has 18 heavy (non-hydrogen) atoms. The van der Waals surface area contributed by atoms with Gasteiger partial charge in [0.1, 0.15) is 0 Å². The van der Waals surface area contributed by atoms with Gasteiger partial charge in [-0.1, -0.05) is 30.3 Å². The van der Waals surface area contributed by atoms with E-state index in [9.17, 15) is 15.0 Å². The minimum absolute atomic E-state index is 0.0526. The van der Waals surface area contributed by atoms with E-state index in [1.807, 2.05) is 30.3 Å². The summed E-state index contributed by atoms with van der Waals surface area (Å²) in [6.45, 7) is 0. The highest BCUT2D eigenvalue weighted by Gasteiger charge is 2.27. The van der Waals surface area contributed by atoms with Crippen molar-refractivity contribution in [2.24, 2.45) is 0 Å². The average molecular weight is 244 g/mol. The molecule has 2 aromatic rings. The van der Waals surface area contributed by atoms with Crippen LogP contribution in [0, 0.1) is 0 Å². The molecule has 0 saturated heterocycles. The molecule has 0 amide bonds. The van der Waals surface area contributed by atoms with Crippen LogP contribution in [0.2, 0.25) is 0 Å². The van der Waals surface area contributed by atoms with E-state index in [-0.39, 0.29) is 5.75 Å². The molecule has 1 aromatic heterocycles. The first kappa shape index (κ1) is 12.1. The number of carboxylic acids is 1. The van der Waals surface area contributed by atoms with Crippen molar-refractivity contribution in [2.75, 3.05) is 0 Å². The minimum Gasteiger partial charge on any atom is -0.503 e. The van der Waals surface area contributed by atoms with Crippen LogP contribution in [0.15, 0.2) is 54.9 Å². The Bertz CT molecular complexity index is 540. The average Bonchev–Trinajstić information content (AvgIpc) is 2.37. The number of hydrogen-bond acceptors (Lipinski definition) is 2. The third-order valence-electron chi connectivity index (χ3n) is 2.72. The predicted octanol–water partition coefficient (Wildman–Crippen LogP) is 1.55. The van der Waals surface area contributed by atoms with Crippen molar-refractivity contribution in [3.05, 3.63) is 60.4 Å². The van der Waals surface area contributed by atoms with Crippen molar-refractivity contribution in [1.29, 1.82) is 0 Å². The summed E-state index contributed by atoms with van der Waals surface area (Å²) < 4.78 is 1.50. The summed E-state index contributed by atoms with van der Waals surface area (Å²) in [5, 5.41) is 18.7. The Morgan fingerprint density at radius 3 is 2.50 bits per heavy atom. The highest BCUT2D eigenvalue weighted by molar-refractivity contribution is 5.70. The number of aromatic nitrogens is 1. The molecule has 0 aliphatic rings. The van der Waals surface area contributed by atoms with Gasteiger partial charge in [-0.05, 0) is 11.6 Å². The van der Waals surface area contributed by atoms with Gasteiger partial charge in [-0.2, -0.15) is 4.57 Å². The van der Waals surface area contributed by atoms with Gasteiger partial charge in [0.05, 0.1) is 0 Å². The smallest absolute Gasteiger partial charge is 0.373 e. The van der Waals surface area contributed by atoms with Crippen LogP contribution < -0.4 is 4.57 Å². The van der Waals surface area contributed by atoms with Crippen LogP contribution in [0.5, 0.6) is 5.75 Å². The third-order valence-corrected chi connectivity index (χ3v) is 2.72. The summed E-state index contributed by atoms with van der Waals surface area (Å²) in [4.78, 5) is 11.3. The summed E-state index contributed by atoms with van der Waals surface area (Å²) in [5.74, 6) is -0.869. The summed E-state index contributed by atoms with van der Waals surface area (Å²) in [7, 11) is 0. The number of benzene rings is 1.